The molecule has 4 heteroatoms. The van der Waals surface area contributed by atoms with Crippen LogP contribution < -0.4 is 5.32 Å². The number of H-pyrrole nitrogens is 1. The van der Waals surface area contributed by atoms with Crippen molar-refractivity contribution in [1.29, 1.82) is 0 Å². The molecule has 0 aliphatic rings. The van der Waals surface area contributed by atoms with Gasteiger partial charge in [0.1, 0.15) is 5.69 Å². The maximum absolute atomic E-state index is 12.3. The lowest BCUT2D eigenvalue weighted by Gasteiger charge is -2.04. The van der Waals surface area contributed by atoms with Crippen molar-refractivity contribution < 1.29 is 4.79 Å². The maximum atomic E-state index is 12.3. The molecule has 2 aromatic carbocycles. The fraction of sp³-hybridized carbons (Fsp3) is 0.0625. The van der Waals surface area contributed by atoms with Gasteiger partial charge < -0.3 is 10.3 Å². The van der Waals surface area contributed by atoms with Crippen LogP contribution in [0.1, 0.15) is 16.1 Å². The molecule has 0 unspecified atom stereocenters. The van der Waals surface area contributed by atoms with Crippen LogP contribution in [-0.2, 0) is 0 Å². The maximum Gasteiger partial charge on any atom is 0.272 e. The van der Waals surface area contributed by atoms with Gasteiger partial charge in [-0.1, -0.05) is 34.1 Å². The van der Waals surface area contributed by atoms with Crippen molar-refractivity contribution in [1.82, 2.24) is 4.98 Å². The Bertz CT molecular complexity index is 775. The van der Waals surface area contributed by atoms with Gasteiger partial charge in [0.15, 0.2) is 0 Å². The predicted octanol–water partition coefficient (Wildman–Crippen LogP) is 4.49. The third kappa shape index (κ3) is 2.34. The summed E-state index contributed by atoms with van der Waals surface area (Å²) in [6.07, 6.45) is 0. The molecule has 3 nitrogen and oxygen atoms in total. The molecule has 1 heterocycles. The number of rotatable bonds is 2. The van der Waals surface area contributed by atoms with E-state index < -0.39 is 0 Å². The van der Waals surface area contributed by atoms with Gasteiger partial charge in [-0.15, -0.1) is 0 Å². The molecule has 0 saturated carbocycles. The molecule has 1 amide bonds. The van der Waals surface area contributed by atoms with Crippen LogP contribution in [0.4, 0.5) is 5.69 Å². The molecule has 0 radical (unpaired) electrons. The third-order valence-electron chi connectivity index (χ3n) is 3.29. The van der Waals surface area contributed by atoms with E-state index >= 15 is 0 Å². The number of carbonyl (C=O) groups excluding carboxylic acids is 1. The first-order valence-electron chi connectivity index (χ1n) is 6.29. The summed E-state index contributed by atoms with van der Waals surface area (Å²) in [5.41, 5.74) is 3.33. The zero-order chi connectivity index (χ0) is 14.1. The number of aromatic amines is 1. The molecule has 0 atom stereocenters. The van der Waals surface area contributed by atoms with E-state index in [1.807, 2.05) is 55.5 Å². The van der Waals surface area contributed by atoms with E-state index in [0.717, 1.165) is 26.6 Å². The monoisotopic (exact) mass is 328 g/mol. The van der Waals surface area contributed by atoms with Crippen LogP contribution in [0, 0.1) is 6.92 Å². The van der Waals surface area contributed by atoms with Gasteiger partial charge in [0.25, 0.3) is 5.91 Å². The Kier molecular flexibility index (Phi) is 3.32. The van der Waals surface area contributed by atoms with Crippen molar-refractivity contribution in [3.05, 3.63) is 64.3 Å². The topological polar surface area (TPSA) is 44.9 Å². The molecule has 0 bridgehead atoms. The SMILES string of the molecule is Cc1c(C(=O)Nc2ccc(Br)cc2)[nH]c2ccccc12. The Morgan fingerprint density at radius 3 is 2.50 bits per heavy atom. The van der Waals surface area contributed by atoms with Crippen molar-refractivity contribution in [3.63, 3.8) is 0 Å². The number of aryl methyl sites for hydroxylation is 1. The summed E-state index contributed by atoms with van der Waals surface area (Å²) in [6.45, 7) is 1.95. The fourth-order valence-electron chi connectivity index (χ4n) is 2.24. The number of amides is 1. The van der Waals surface area contributed by atoms with E-state index in [0.29, 0.717) is 5.69 Å². The molecule has 0 spiro atoms. The normalized spacial score (nSPS) is 10.7. The first-order valence-corrected chi connectivity index (χ1v) is 7.08. The number of aromatic nitrogens is 1. The van der Waals surface area contributed by atoms with E-state index in [-0.39, 0.29) is 5.91 Å². The van der Waals surface area contributed by atoms with Gasteiger partial charge >= 0.3 is 0 Å². The van der Waals surface area contributed by atoms with Crippen LogP contribution in [0.3, 0.4) is 0 Å². The van der Waals surface area contributed by atoms with Gasteiger partial charge in [0.2, 0.25) is 0 Å². The summed E-state index contributed by atoms with van der Waals surface area (Å²) in [7, 11) is 0. The molecule has 3 aromatic rings. The Balaban J connectivity index is 1.92. The largest absolute Gasteiger partial charge is 0.350 e. The molecule has 0 aliphatic carbocycles. The molecule has 0 aliphatic heterocycles. The van der Waals surface area contributed by atoms with Crippen LogP contribution in [0.15, 0.2) is 53.0 Å². The summed E-state index contributed by atoms with van der Waals surface area (Å²) < 4.78 is 0.984. The van der Waals surface area contributed by atoms with Gasteiger partial charge in [0.05, 0.1) is 0 Å². The summed E-state index contributed by atoms with van der Waals surface area (Å²) in [4.78, 5) is 15.5. The third-order valence-corrected chi connectivity index (χ3v) is 3.82. The zero-order valence-electron chi connectivity index (χ0n) is 10.9. The summed E-state index contributed by atoms with van der Waals surface area (Å²) in [5, 5.41) is 3.97. The molecule has 0 fully saturated rings. The van der Waals surface area contributed by atoms with Gasteiger partial charge in [-0.3, -0.25) is 4.79 Å². The lowest BCUT2D eigenvalue weighted by atomic mass is 10.1. The Morgan fingerprint density at radius 1 is 1.10 bits per heavy atom. The molecular weight excluding hydrogens is 316 g/mol. The van der Waals surface area contributed by atoms with Crippen LogP contribution in [0.5, 0.6) is 0 Å². The minimum absolute atomic E-state index is 0.124. The molecule has 2 N–H and O–H groups in total. The standard InChI is InChI=1S/C16H13BrN2O/c1-10-13-4-2-3-5-14(13)19-15(10)16(20)18-12-8-6-11(17)7-9-12/h2-9,19H,1H3,(H,18,20). The smallest absolute Gasteiger partial charge is 0.272 e. The number of nitrogens with one attached hydrogen (secondary N) is 2. The number of fused-ring (bicyclic) bond motifs is 1. The Labute approximate surface area is 125 Å². The van der Waals surface area contributed by atoms with Crippen LogP contribution in [0.25, 0.3) is 10.9 Å². The van der Waals surface area contributed by atoms with E-state index in [1.165, 1.54) is 0 Å². The first-order chi connectivity index (χ1) is 9.65. The van der Waals surface area contributed by atoms with Gasteiger partial charge in [-0.05, 0) is 42.8 Å². The number of halogens is 1. The van der Waals surface area contributed by atoms with Crippen molar-refractivity contribution in [2.45, 2.75) is 6.92 Å². The van der Waals surface area contributed by atoms with Crippen molar-refractivity contribution in [2.24, 2.45) is 0 Å². The molecule has 20 heavy (non-hydrogen) atoms. The second-order valence-electron chi connectivity index (χ2n) is 4.63. The van der Waals surface area contributed by atoms with Gasteiger partial charge in [-0.2, -0.15) is 0 Å². The number of para-hydroxylation sites is 1. The second-order valence-corrected chi connectivity index (χ2v) is 5.55. The highest BCUT2D eigenvalue weighted by Gasteiger charge is 2.14. The molecule has 100 valence electrons. The zero-order valence-corrected chi connectivity index (χ0v) is 12.5. The number of anilines is 1. The average molecular weight is 329 g/mol. The van der Waals surface area contributed by atoms with Crippen molar-refractivity contribution >= 4 is 38.4 Å². The number of hydrogen-bond donors (Lipinski definition) is 2. The lowest BCUT2D eigenvalue weighted by Crippen LogP contribution is -2.13. The first kappa shape index (κ1) is 12.9. The minimum atomic E-state index is -0.124. The number of benzene rings is 2. The number of carbonyl (C=O) groups is 1. The summed E-state index contributed by atoms with van der Waals surface area (Å²) in [6, 6.07) is 15.4. The van der Waals surface area contributed by atoms with E-state index in [2.05, 4.69) is 26.2 Å². The highest BCUT2D eigenvalue weighted by atomic mass is 79.9. The van der Waals surface area contributed by atoms with E-state index in [9.17, 15) is 4.79 Å². The van der Waals surface area contributed by atoms with E-state index in [1.54, 1.807) is 0 Å². The van der Waals surface area contributed by atoms with Gasteiger partial charge in [-0.25, -0.2) is 0 Å². The summed E-state index contributed by atoms with van der Waals surface area (Å²) >= 11 is 3.37. The van der Waals surface area contributed by atoms with E-state index in [4.69, 9.17) is 0 Å². The molecule has 3 rings (SSSR count). The minimum Gasteiger partial charge on any atom is -0.350 e. The predicted molar refractivity (Wildman–Crippen MR) is 85.1 cm³/mol. The lowest BCUT2D eigenvalue weighted by molar-refractivity contribution is 0.102. The number of hydrogen-bond acceptors (Lipinski definition) is 1. The average Bonchev–Trinajstić information content (AvgIpc) is 2.79. The fourth-order valence-corrected chi connectivity index (χ4v) is 2.50. The second kappa shape index (κ2) is 5.13. The summed E-state index contributed by atoms with van der Waals surface area (Å²) in [5.74, 6) is -0.124. The Hall–Kier alpha value is -2.07. The van der Waals surface area contributed by atoms with Crippen LogP contribution in [0.2, 0.25) is 0 Å². The molecular formula is C16H13BrN2O. The van der Waals surface area contributed by atoms with Crippen LogP contribution in [-0.4, -0.2) is 10.9 Å². The highest BCUT2D eigenvalue weighted by Crippen LogP contribution is 2.22. The molecule has 1 aromatic heterocycles. The Morgan fingerprint density at radius 2 is 1.80 bits per heavy atom. The van der Waals surface area contributed by atoms with Gasteiger partial charge in [0, 0.05) is 21.1 Å². The molecule has 0 saturated heterocycles. The van der Waals surface area contributed by atoms with Crippen molar-refractivity contribution in [3.8, 4) is 0 Å². The van der Waals surface area contributed by atoms with Crippen LogP contribution >= 0.6 is 15.9 Å². The van der Waals surface area contributed by atoms with Crippen molar-refractivity contribution in [2.75, 3.05) is 5.32 Å². The quantitative estimate of drug-likeness (QED) is 0.715. The highest BCUT2D eigenvalue weighted by molar-refractivity contribution is 9.10.